The number of hydrogen-bond acceptors (Lipinski definition) is 2. The lowest BCUT2D eigenvalue weighted by molar-refractivity contribution is 0.252. The Balaban J connectivity index is 1.67. The first-order valence-electron chi connectivity index (χ1n) is 9.35. The molecule has 3 N–H and O–H groups in total. The zero-order chi connectivity index (χ0) is 19.5. The summed E-state index contributed by atoms with van der Waals surface area (Å²) < 4.78 is 0. The van der Waals surface area contributed by atoms with Crippen molar-refractivity contribution in [3.8, 4) is 22.5 Å². The van der Waals surface area contributed by atoms with Crippen molar-refractivity contribution in [2.75, 3.05) is 11.9 Å². The van der Waals surface area contributed by atoms with Crippen LogP contribution in [-0.2, 0) is 0 Å². The number of urea groups is 1. The summed E-state index contributed by atoms with van der Waals surface area (Å²) >= 11 is 0. The standard InChI is InChI=1S/C23H22N4O/c1-3-24-23(28)25-19-11-6-9-17(14-19)16-8-5-10-18(13-16)22-26-20-12-4-7-15(2)21(20)27-22/h4-14H,3H2,1-2H3,(H,26,27)(H2,24,25,28). The number of imidazole rings is 1. The Labute approximate surface area is 163 Å². The molecule has 5 heteroatoms. The molecule has 4 rings (SSSR count). The third-order valence-corrected chi connectivity index (χ3v) is 4.64. The van der Waals surface area contributed by atoms with Gasteiger partial charge < -0.3 is 15.6 Å². The van der Waals surface area contributed by atoms with Crippen LogP contribution in [0.5, 0.6) is 0 Å². The number of hydrogen-bond donors (Lipinski definition) is 3. The van der Waals surface area contributed by atoms with Crippen LogP contribution < -0.4 is 10.6 Å². The number of rotatable bonds is 4. The maximum Gasteiger partial charge on any atom is 0.319 e. The largest absolute Gasteiger partial charge is 0.338 e. The molecule has 0 aliphatic rings. The highest BCUT2D eigenvalue weighted by molar-refractivity contribution is 5.90. The van der Waals surface area contributed by atoms with E-state index in [2.05, 4.69) is 40.7 Å². The monoisotopic (exact) mass is 370 g/mol. The Kier molecular flexibility index (Phi) is 4.81. The predicted octanol–water partition coefficient (Wildman–Crippen LogP) is 5.35. The van der Waals surface area contributed by atoms with Crippen molar-refractivity contribution < 1.29 is 4.79 Å². The molecular weight excluding hydrogens is 348 g/mol. The molecule has 4 aromatic rings. The highest BCUT2D eigenvalue weighted by atomic mass is 16.2. The number of benzene rings is 3. The molecule has 0 saturated heterocycles. The van der Waals surface area contributed by atoms with Crippen molar-refractivity contribution in [2.45, 2.75) is 13.8 Å². The van der Waals surface area contributed by atoms with Crippen LogP contribution in [-0.4, -0.2) is 22.5 Å². The molecule has 2 amide bonds. The van der Waals surface area contributed by atoms with Gasteiger partial charge in [0.15, 0.2) is 0 Å². The Morgan fingerprint density at radius 1 is 0.964 bits per heavy atom. The number of para-hydroxylation sites is 1. The van der Waals surface area contributed by atoms with E-state index in [1.165, 1.54) is 0 Å². The summed E-state index contributed by atoms with van der Waals surface area (Å²) in [5.74, 6) is 0.850. The average molecular weight is 370 g/mol. The summed E-state index contributed by atoms with van der Waals surface area (Å²) in [6.07, 6.45) is 0. The molecule has 3 aromatic carbocycles. The number of amides is 2. The van der Waals surface area contributed by atoms with Crippen LogP contribution in [0.3, 0.4) is 0 Å². The van der Waals surface area contributed by atoms with Crippen LogP contribution in [0.15, 0.2) is 66.7 Å². The molecule has 0 atom stereocenters. The minimum Gasteiger partial charge on any atom is -0.338 e. The summed E-state index contributed by atoms with van der Waals surface area (Å²) in [6, 6.07) is 22.0. The molecule has 5 nitrogen and oxygen atoms in total. The fourth-order valence-corrected chi connectivity index (χ4v) is 3.27. The lowest BCUT2D eigenvalue weighted by atomic mass is 10.0. The van der Waals surface area contributed by atoms with E-state index in [-0.39, 0.29) is 6.03 Å². The normalized spacial score (nSPS) is 10.8. The van der Waals surface area contributed by atoms with Gasteiger partial charge in [-0.2, -0.15) is 0 Å². The summed E-state index contributed by atoms with van der Waals surface area (Å²) in [7, 11) is 0. The van der Waals surface area contributed by atoms with E-state index in [1.807, 2.05) is 55.5 Å². The number of aromatic nitrogens is 2. The zero-order valence-electron chi connectivity index (χ0n) is 15.9. The van der Waals surface area contributed by atoms with E-state index in [0.29, 0.717) is 6.54 Å². The van der Waals surface area contributed by atoms with Crippen molar-refractivity contribution in [3.05, 3.63) is 72.3 Å². The first-order chi connectivity index (χ1) is 13.6. The molecule has 0 fully saturated rings. The second kappa shape index (κ2) is 7.56. The SMILES string of the molecule is CCNC(=O)Nc1cccc(-c2cccc(-c3nc4c(C)cccc4[nH]3)c2)c1. The second-order valence-electron chi connectivity index (χ2n) is 6.70. The van der Waals surface area contributed by atoms with E-state index < -0.39 is 0 Å². The third kappa shape index (κ3) is 3.60. The lowest BCUT2D eigenvalue weighted by Gasteiger charge is -2.09. The van der Waals surface area contributed by atoms with Crippen LogP contribution in [0, 0.1) is 6.92 Å². The van der Waals surface area contributed by atoms with Crippen molar-refractivity contribution in [1.29, 1.82) is 0 Å². The first-order valence-corrected chi connectivity index (χ1v) is 9.35. The number of nitrogens with one attached hydrogen (secondary N) is 3. The number of H-pyrrole nitrogens is 1. The molecule has 0 spiro atoms. The van der Waals surface area contributed by atoms with Crippen LogP contribution in [0.4, 0.5) is 10.5 Å². The molecular formula is C23H22N4O. The third-order valence-electron chi connectivity index (χ3n) is 4.64. The second-order valence-corrected chi connectivity index (χ2v) is 6.70. The molecule has 0 saturated carbocycles. The maximum atomic E-state index is 11.8. The lowest BCUT2D eigenvalue weighted by Crippen LogP contribution is -2.28. The summed E-state index contributed by atoms with van der Waals surface area (Å²) in [5, 5.41) is 5.59. The predicted molar refractivity (Wildman–Crippen MR) is 114 cm³/mol. The van der Waals surface area contributed by atoms with Gasteiger partial charge in [-0.15, -0.1) is 0 Å². The number of carbonyl (C=O) groups is 1. The fraction of sp³-hybridized carbons (Fsp3) is 0.130. The van der Waals surface area contributed by atoms with Gasteiger partial charge in [-0.05, 0) is 54.8 Å². The van der Waals surface area contributed by atoms with Crippen LogP contribution in [0.2, 0.25) is 0 Å². The maximum absolute atomic E-state index is 11.8. The van der Waals surface area contributed by atoms with Gasteiger partial charge in [0.25, 0.3) is 0 Å². The number of nitrogens with zero attached hydrogens (tertiary/aromatic N) is 1. The molecule has 1 heterocycles. The van der Waals surface area contributed by atoms with E-state index >= 15 is 0 Å². The summed E-state index contributed by atoms with van der Waals surface area (Å²) in [6.45, 7) is 4.54. The quantitative estimate of drug-likeness (QED) is 0.453. The van der Waals surface area contributed by atoms with Crippen LogP contribution >= 0.6 is 0 Å². The topological polar surface area (TPSA) is 69.8 Å². The Morgan fingerprint density at radius 3 is 2.46 bits per heavy atom. The molecule has 0 aliphatic heterocycles. The van der Waals surface area contributed by atoms with Crippen molar-refractivity contribution in [3.63, 3.8) is 0 Å². The number of carbonyl (C=O) groups excluding carboxylic acids is 1. The Bertz CT molecular complexity index is 1150. The van der Waals surface area contributed by atoms with Gasteiger partial charge in [0.2, 0.25) is 0 Å². The zero-order valence-corrected chi connectivity index (χ0v) is 15.9. The molecule has 28 heavy (non-hydrogen) atoms. The molecule has 0 radical (unpaired) electrons. The number of aromatic amines is 1. The molecule has 0 bridgehead atoms. The Morgan fingerprint density at radius 2 is 1.68 bits per heavy atom. The van der Waals surface area contributed by atoms with Gasteiger partial charge in [0.05, 0.1) is 11.0 Å². The molecule has 1 aromatic heterocycles. The van der Waals surface area contributed by atoms with Crippen molar-refractivity contribution >= 4 is 22.8 Å². The van der Waals surface area contributed by atoms with Gasteiger partial charge in [-0.25, -0.2) is 9.78 Å². The highest BCUT2D eigenvalue weighted by Gasteiger charge is 2.09. The minimum absolute atomic E-state index is 0.203. The van der Waals surface area contributed by atoms with Gasteiger partial charge in [0, 0.05) is 17.8 Å². The Hall–Kier alpha value is -3.60. The van der Waals surface area contributed by atoms with Crippen molar-refractivity contribution in [2.24, 2.45) is 0 Å². The fourth-order valence-electron chi connectivity index (χ4n) is 3.27. The van der Waals surface area contributed by atoms with E-state index in [1.54, 1.807) is 0 Å². The minimum atomic E-state index is -0.203. The molecule has 140 valence electrons. The summed E-state index contributed by atoms with van der Waals surface area (Å²) in [5.41, 5.74) is 7.06. The van der Waals surface area contributed by atoms with Crippen LogP contribution in [0.25, 0.3) is 33.5 Å². The van der Waals surface area contributed by atoms with E-state index in [9.17, 15) is 4.79 Å². The van der Waals surface area contributed by atoms with Gasteiger partial charge in [0.1, 0.15) is 5.82 Å². The van der Waals surface area contributed by atoms with Crippen LogP contribution in [0.1, 0.15) is 12.5 Å². The summed E-state index contributed by atoms with van der Waals surface area (Å²) in [4.78, 5) is 20.0. The molecule has 0 unspecified atom stereocenters. The van der Waals surface area contributed by atoms with E-state index in [4.69, 9.17) is 4.98 Å². The number of anilines is 1. The van der Waals surface area contributed by atoms with Gasteiger partial charge in [-0.1, -0.05) is 42.5 Å². The highest BCUT2D eigenvalue weighted by Crippen LogP contribution is 2.28. The van der Waals surface area contributed by atoms with Gasteiger partial charge >= 0.3 is 6.03 Å². The molecule has 0 aliphatic carbocycles. The van der Waals surface area contributed by atoms with Crippen molar-refractivity contribution in [1.82, 2.24) is 15.3 Å². The van der Waals surface area contributed by atoms with Gasteiger partial charge in [-0.3, -0.25) is 0 Å². The first kappa shape index (κ1) is 17.8. The number of aryl methyl sites for hydroxylation is 1. The average Bonchev–Trinajstić information content (AvgIpc) is 3.14. The number of fused-ring (bicyclic) bond motifs is 1. The van der Waals surface area contributed by atoms with E-state index in [0.717, 1.165) is 44.8 Å². The smallest absolute Gasteiger partial charge is 0.319 e.